The second kappa shape index (κ2) is 6.28. The summed E-state index contributed by atoms with van der Waals surface area (Å²) in [6, 6.07) is 7.08. The summed E-state index contributed by atoms with van der Waals surface area (Å²) in [5.41, 5.74) is 2.65. The van der Waals surface area contributed by atoms with Crippen LogP contribution in [0.3, 0.4) is 0 Å². The lowest BCUT2D eigenvalue weighted by Gasteiger charge is -2.28. The maximum Gasteiger partial charge on any atom is 0.293 e. The van der Waals surface area contributed by atoms with E-state index >= 15 is 0 Å². The third kappa shape index (κ3) is 2.47. The van der Waals surface area contributed by atoms with E-state index in [-0.39, 0.29) is 12.5 Å². The summed E-state index contributed by atoms with van der Waals surface area (Å²) in [6.07, 6.45) is 3.81. The first-order valence-corrected chi connectivity index (χ1v) is 8.40. The van der Waals surface area contributed by atoms with E-state index < -0.39 is 6.04 Å². The van der Waals surface area contributed by atoms with Gasteiger partial charge in [-0.25, -0.2) is 0 Å². The summed E-state index contributed by atoms with van der Waals surface area (Å²) >= 11 is 0. The zero-order valence-corrected chi connectivity index (χ0v) is 13.4. The SMILES string of the molecule is O=C(c1onc2c1CCCC2)N1CCOc2ccccc2C1CO. The lowest BCUT2D eigenvalue weighted by molar-refractivity contribution is 0.0543. The van der Waals surface area contributed by atoms with Crippen LogP contribution in [0.4, 0.5) is 0 Å². The molecule has 4 rings (SSSR count). The standard InChI is InChI=1S/C18H20N2O4/c21-11-15-13-6-2-4-8-16(13)23-10-9-20(15)18(22)17-12-5-1-3-7-14(12)19-24-17/h2,4,6,8,15,21H,1,3,5,7,9-11H2. The molecule has 6 nitrogen and oxygen atoms in total. The van der Waals surface area contributed by atoms with Gasteiger partial charge < -0.3 is 19.3 Å². The highest BCUT2D eigenvalue weighted by atomic mass is 16.5. The molecule has 6 heteroatoms. The van der Waals surface area contributed by atoms with Gasteiger partial charge in [-0.3, -0.25) is 4.79 Å². The van der Waals surface area contributed by atoms with Crippen LogP contribution in [0.1, 0.15) is 46.3 Å². The number of aryl methyl sites for hydroxylation is 1. The summed E-state index contributed by atoms with van der Waals surface area (Å²) in [4.78, 5) is 14.7. The van der Waals surface area contributed by atoms with Gasteiger partial charge in [0.25, 0.3) is 5.91 Å². The summed E-state index contributed by atoms with van der Waals surface area (Å²) in [7, 11) is 0. The Labute approximate surface area is 140 Å². The second-order valence-electron chi connectivity index (χ2n) is 6.23. The Morgan fingerprint density at radius 2 is 2.12 bits per heavy atom. The smallest absolute Gasteiger partial charge is 0.293 e. The second-order valence-corrected chi connectivity index (χ2v) is 6.23. The summed E-state index contributed by atoms with van der Waals surface area (Å²) in [5.74, 6) is 0.819. The van der Waals surface area contributed by atoms with Crippen LogP contribution in [0.5, 0.6) is 5.75 Å². The molecule has 2 heterocycles. The van der Waals surface area contributed by atoms with Crippen molar-refractivity contribution in [3.8, 4) is 5.75 Å². The van der Waals surface area contributed by atoms with Gasteiger partial charge in [-0.15, -0.1) is 0 Å². The number of nitrogens with zero attached hydrogens (tertiary/aromatic N) is 2. The number of rotatable bonds is 2. The number of hydrogen-bond donors (Lipinski definition) is 1. The molecule has 1 aromatic heterocycles. The van der Waals surface area contributed by atoms with Gasteiger partial charge in [0.2, 0.25) is 5.76 Å². The third-order valence-corrected chi connectivity index (χ3v) is 4.83. The van der Waals surface area contributed by atoms with Crippen LogP contribution in [0.25, 0.3) is 0 Å². The fourth-order valence-electron chi connectivity index (χ4n) is 3.59. The van der Waals surface area contributed by atoms with Crippen LogP contribution in [-0.2, 0) is 12.8 Å². The maximum atomic E-state index is 13.1. The molecule has 24 heavy (non-hydrogen) atoms. The van der Waals surface area contributed by atoms with Gasteiger partial charge >= 0.3 is 0 Å². The molecule has 0 saturated carbocycles. The van der Waals surface area contributed by atoms with Crippen molar-refractivity contribution in [3.63, 3.8) is 0 Å². The fourth-order valence-corrected chi connectivity index (χ4v) is 3.59. The fraction of sp³-hybridized carbons (Fsp3) is 0.444. The number of fused-ring (bicyclic) bond motifs is 2. The molecule has 1 aliphatic carbocycles. The van der Waals surface area contributed by atoms with Crippen molar-refractivity contribution in [1.29, 1.82) is 0 Å². The van der Waals surface area contributed by atoms with E-state index in [0.717, 1.165) is 42.5 Å². The van der Waals surface area contributed by atoms with Crippen molar-refractivity contribution in [3.05, 3.63) is 46.8 Å². The molecule has 1 amide bonds. The maximum absolute atomic E-state index is 13.1. The molecule has 0 fully saturated rings. The molecular weight excluding hydrogens is 308 g/mol. The molecule has 0 bridgehead atoms. The molecule has 1 N–H and O–H groups in total. The van der Waals surface area contributed by atoms with Crippen LogP contribution in [0.15, 0.2) is 28.8 Å². The number of hydrogen-bond acceptors (Lipinski definition) is 5. The Kier molecular flexibility index (Phi) is 3.98. The van der Waals surface area contributed by atoms with Crippen molar-refractivity contribution in [2.24, 2.45) is 0 Å². The number of amides is 1. The molecular formula is C18H20N2O4. The Morgan fingerprint density at radius 1 is 1.29 bits per heavy atom. The van der Waals surface area contributed by atoms with Gasteiger partial charge in [-0.05, 0) is 31.7 Å². The Hall–Kier alpha value is -2.34. The summed E-state index contributed by atoms with van der Waals surface area (Å²) < 4.78 is 11.1. The first-order chi connectivity index (χ1) is 11.8. The van der Waals surface area contributed by atoms with E-state index in [9.17, 15) is 9.90 Å². The lowest BCUT2D eigenvalue weighted by atomic mass is 9.95. The molecule has 0 spiro atoms. The molecule has 1 aliphatic heterocycles. The molecule has 2 aliphatic rings. The average Bonchev–Trinajstić information content (AvgIpc) is 2.96. The van der Waals surface area contributed by atoms with Crippen molar-refractivity contribution >= 4 is 5.91 Å². The minimum atomic E-state index is -0.444. The minimum absolute atomic E-state index is 0.164. The van der Waals surface area contributed by atoms with E-state index in [2.05, 4.69) is 5.16 Å². The van der Waals surface area contributed by atoms with Gasteiger partial charge in [0.1, 0.15) is 12.4 Å². The van der Waals surface area contributed by atoms with Crippen LogP contribution < -0.4 is 4.74 Å². The molecule has 1 atom stereocenters. The monoisotopic (exact) mass is 328 g/mol. The predicted molar refractivity (Wildman–Crippen MR) is 85.9 cm³/mol. The van der Waals surface area contributed by atoms with Crippen molar-refractivity contribution in [1.82, 2.24) is 10.1 Å². The number of aromatic nitrogens is 1. The van der Waals surface area contributed by atoms with E-state index in [1.54, 1.807) is 4.90 Å². The molecule has 126 valence electrons. The largest absolute Gasteiger partial charge is 0.491 e. The first kappa shape index (κ1) is 15.2. The van der Waals surface area contributed by atoms with E-state index in [4.69, 9.17) is 9.26 Å². The zero-order valence-electron chi connectivity index (χ0n) is 13.4. The summed E-state index contributed by atoms with van der Waals surface area (Å²) in [5, 5.41) is 14.0. The average molecular weight is 328 g/mol. The first-order valence-electron chi connectivity index (χ1n) is 8.40. The van der Waals surface area contributed by atoms with Crippen LogP contribution in [-0.4, -0.2) is 40.8 Å². The number of benzene rings is 1. The number of aliphatic hydroxyl groups is 1. The highest BCUT2D eigenvalue weighted by Crippen LogP contribution is 2.33. The van der Waals surface area contributed by atoms with Gasteiger partial charge in [0.15, 0.2) is 0 Å². The normalized spacial score (nSPS) is 19.9. The molecule has 1 unspecified atom stereocenters. The minimum Gasteiger partial charge on any atom is -0.491 e. The van der Waals surface area contributed by atoms with Gasteiger partial charge in [-0.2, -0.15) is 0 Å². The lowest BCUT2D eigenvalue weighted by Crippen LogP contribution is -2.38. The van der Waals surface area contributed by atoms with Crippen LogP contribution >= 0.6 is 0 Å². The Morgan fingerprint density at radius 3 is 3.00 bits per heavy atom. The zero-order chi connectivity index (χ0) is 16.5. The van der Waals surface area contributed by atoms with Crippen LogP contribution in [0.2, 0.25) is 0 Å². The predicted octanol–water partition coefficient (Wildman–Crippen LogP) is 2.12. The van der Waals surface area contributed by atoms with Gasteiger partial charge in [0.05, 0.1) is 24.9 Å². The molecule has 0 saturated heterocycles. The highest BCUT2D eigenvalue weighted by Gasteiger charge is 2.34. The number of aliphatic hydroxyl groups excluding tert-OH is 1. The van der Waals surface area contributed by atoms with Crippen molar-refractivity contribution in [2.75, 3.05) is 19.8 Å². The number of ether oxygens (including phenoxy) is 1. The number of carbonyl (C=O) groups is 1. The number of carbonyl (C=O) groups excluding carboxylic acids is 1. The highest BCUT2D eigenvalue weighted by molar-refractivity contribution is 5.93. The number of para-hydroxylation sites is 1. The van der Waals surface area contributed by atoms with E-state index in [1.165, 1.54) is 0 Å². The van der Waals surface area contributed by atoms with Crippen molar-refractivity contribution in [2.45, 2.75) is 31.7 Å². The van der Waals surface area contributed by atoms with Gasteiger partial charge in [-0.1, -0.05) is 23.4 Å². The topological polar surface area (TPSA) is 75.8 Å². The quantitative estimate of drug-likeness (QED) is 0.914. The Bertz CT molecular complexity index is 755. The van der Waals surface area contributed by atoms with Gasteiger partial charge in [0, 0.05) is 11.1 Å². The third-order valence-electron chi connectivity index (χ3n) is 4.83. The van der Waals surface area contributed by atoms with Crippen molar-refractivity contribution < 1.29 is 19.2 Å². The Balaban J connectivity index is 1.70. The van der Waals surface area contributed by atoms with Crippen LogP contribution in [0, 0.1) is 0 Å². The summed E-state index contributed by atoms with van der Waals surface area (Å²) in [6.45, 7) is 0.617. The van der Waals surface area contributed by atoms with E-state index in [1.807, 2.05) is 24.3 Å². The molecule has 2 aromatic rings. The van der Waals surface area contributed by atoms with E-state index in [0.29, 0.717) is 24.7 Å². The molecule has 0 radical (unpaired) electrons. The molecule has 1 aromatic carbocycles.